The Labute approximate surface area is 200 Å². The Hall–Kier alpha value is -4.60. The zero-order valence-corrected chi connectivity index (χ0v) is 19.0. The number of anilines is 1. The average Bonchev–Trinajstić information content (AvgIpc) is 3.44. The molecule has 0 radical (unpaired) electrons. The molecule has 1 aromatic heterocycles. The number of rotatable bonds is 8. The molecule has 0 bridgehead atoms. The van der Waals surface area contributed by atoms with E-state index in [1.807, 2.05) is 13.8 Å². The molecule has 2 aromatic carbocycles. The van der Waals surface area contributed by atoms with Crippen molar-refractivity contribution >= 4 is 34.7 Å². The van der Waals surface area contributed by atoms with Crippen LogP contribution in [0.3, 0.4) is 0 Å². The fourth-order valence-corrected chi connectivity index (χ4v) is 4.04. The number of aromatic carboxylic acids is 1. The second-order valence-corrected chi connectivity index (χ2v) is 8.46. The van der Waals surface area contributed by atoms with Gasteiger partial charge in [-0.1, -0.05) is 26.0 Å². The third-order valence-electron chi connectivity index (χ3n) is 5.80. The standard InChI is InChI=1S/C25H22N4O6/c1-14(2)22-20(24(31)28(27-22)18-9-7-15(8-10-18)25(32)33)12-17-11-16(13-26-17)23(30)19-5-3-4-6-21(19)29(34)35/h3-11,13-14,20,26H,12H2,1-2H3,(H,32,33). The van der Waals surface area contributed by atoms with E-state index in [1.54, 1.807) is 12.1 Å². The number of carbonyl (C=O) groups is 3. The molecule has 178 valence electrons. The summed E-state index contributed by atoms with van der Waals surface area (Å²) in [5.74, 6) is -2.43. The van der Waals surface area contributed by atoms with Gasteiger partial charge in [-0.15, -0.1) is 0 Å². The number of nitrogens with one attached hydrogen (secondary N) is 1. The lowest BCUT2D eigenvalue weighted by Crippen LogP contribution is -2.30. The van der Waals surface area contributed by atoms with Crippen molar-refractivity contribution in [2.45, 2.75) is 20.3 Å². The van der Waals surface area contributed by atoms with Crippen LogP contribution < -0.4 is 5.01 Å². The van der Waals surface area contributed by atoms with E-state index in [0.29, 0.717) is 17.1 Å². The van der Waals surface area contributed by atoms with Crippen LogP contribution in [-0.2, 0) is 11.2 Å². The molecule has 0 saturated carbocycles. The number of hydrogen-bond donors (Lipinski definition) is 2. The van der Waals surface area contributed by atoms with Gasteiger partial charge in [-0.3, -0.25) is 19.7 Å². The van der Waals surface area contributed by atoms with Crippen LogP contribution in [0.4, 0.5) is 11.4 Å². The number of aromatic nitrogens is 1. The van der Waals surface area contributed by atoms with Crippen molar-refractivity contribution in [3.05, 3.63) is 93.3 Å². The van der Waals surface area contributed by atoms with Gasteiger partial charge in [-0.05, 0) is 42.3 Å². The van der Waals surface area contributed by atoms with Gasteiger partial charge in [0, 0.05) is 29.9 Å². The molecule has 0 spiro atoms. The first-order chi connectivity index (χ1) is 16.7. The molecule has 0 fully saturated rings. The van der Waals surface area contributed by atoms with Crippen LogP contribution in [0.5, 0.6) is 0 Å². The number of carbonyl (C=O) groups excluding carboxylic acids is 2. The van der Waals surface area contributed by atoms with E-state index in [2.05, 4.69) is 10.1 Å². The Bertz CT molecular complexity index is 1360. The number of para-hydroxylation sites is 1. The number of carboxylic acids is 1. The van der Waals surface area contributed by atoms with Gasteiger partial charge < -0.3 is 10.1 Å². The summed E-state index contributed by atoms with van der Waals surface area (Å²) < 4.78 is 0. The van der Waals surface area contributed by atoms with E-state index in [9.17, 15) is 24.5 Å². The van der Waals surface area contributed by atoms with E-state index in [1.165, 1.54) is 53.7 Å². The van der Waals surface area contributed by atoms with Crippen molar-refractivity contribution in [2.24, 2.45) is 16.9 Å². The van der Waals surface area contributed by atoms with Crippen molar-refractivity contribution in [3.63, 3.8) is 0 Å². The Kier molecular flexibility index (Phi) is 6.28. The van der Waals surface area contributed by atoms with Gasteiger partial charge in [0.25, 0.3) is 11.6 Å². The van der Waals surface area contributed by atoms with Crippen molar-refractivity contribution < 1.29 is 24.4 Å². The summed E-state index contributed by atoms with van der Waals surface area (Å²) in [7, 11) is 0. The Balaban J connectivity index is 1.57. The molecule has 2 heterocycles. The number of amides is 1. The molecule has 1 atom stereocenters. The van der Waals surface area contributed by atoms with Gasteiger partial charge in [0.1, 0.15) is 5.56 Å². The number of hydrazone groups is 1. The molecule has 0 saturated heterocycles. The van der Waals surface area contributed by atoms with Gasteiger partial charge in [0.05, 0.1) is 27.8 Å². The number of nitro benzene ring substituents is 1. The first-order valence-corrected chi connectivity index (χ1v) is 10.9. The van der Waals surface area contributed by atoms with E-state index in [-0.39, 0.29) is 40.6 Å². The Morgan fingerprint density at radius 1 is 1.14 bits per heavy atom. The fraction of sp³-hybridized carbons (Fsp3) is 0.200. The summed E-state index contributed by atoms with van der Waals surface area (Å²) in [6, 6.07) is 13.2. The van der Waals surface area contributed by atoms with Crippen molar-refractivity contribution in [1.29, 1.82) is 0 Å². The number of ketones is 1. The highest BCUT2D eigenvalue weighted by atomic mass is 16.6. The highest BCUT2D eigenvalue weighted by Crippen LogP contribution is 2.30. The fourth-order valence-electron chi connectivity index (χ4n) is 4.04. The van der Waals surface area contributed by atoms with Crippen LogP contribution in [0.25, 0.3) is 0 Å². The third-order valence-corrected chi connectivity index (χ3v) is 5.80. The maximum Gasteiger partial charge on any atom is 0.335 e. The zero-order valence-electron chi connectivity index (χ0n) is 19.0. The highest BCUT2D eigenvalue weighted by Gasteiger charge is 2.38. The maximum atomic E-state index is 13.3. The number of aromatic amines is 1. The van der Waals surface area contributed by atoms with E-state index in [4.69, 9.17) is 5.11 Å². The topological polar surface area (TPSA) is 146 Å². The van der Waals surface area contributed by atoms with Crippen molar-refractivity contribution in [1.82, 2.24) is 4.98 Å². The lowest BCUT2D eigenvalue weighted by Gasteiger charge is -2.15. The summed E-state index contributed by atoms with van der Waals surface area (Å²) in [5, 5.41) is 26.2. The minimum absolute atomic E-state index is 0.0135. The number of nitro groups is 1. The second kappa shape index (κ2) is 9.34. The summed E-state index contributed by atoms with van der Waals surface area (Å²) in [6.07, 6.45) is 1.73. The predicted octanol–water partition coefficient (Wildman–Crippen LogP) is 4.07. The van der Waals surface area contributed by atoms with Gasteiger partial charge in [0.15, 0.2) is 0 Å². The quantitative estimate of drug-likeness (QED) is 0.286. The molecule has 10 heteroatoms. The smallest absolute Gasteiger partial charge is 0.335 e. The third kappa shape index (κ3) is 4.58. The van der Waals surface area contributed by atoms with Gasteiger partial charge in [-0.25, -0.2) is 9.80 Å². The van der Waals surface area contributed by atoms with Gasteiger partial charge >= 0.3 is 5.97 Å². The minimum Gasteiger partial charge on any atom is -0.478 e. The molecule has 0 aliphatic carbocycles. The highest BCUT2D eigenvalue weighted by molar-refractivity contribution is 6.16. The second-order valence-electron chi connectivity index (χ2n) is 8.46. The SMILES string of the molecule is CC(C)C1=NN(c2ccc(C(=O)O)cc2)C(=O)C1Cc1cc(C(=O)c2ccccc2[N+](=O)[O-])c[nH]1. The summed E-state index contributed by atoms with van der Waals surface area (Å²) in [6.45, 7) is 3.85. The van der Waals surface area contributed by atoms with Crippen LogP contribution in [0.2, 0.25) is 0 Å². The Morgan fingerprint density at radius 3 is 2.46 bits per heavy atom. The largest absolute Gasteiger partial charge is 0.478 e. The Morgan fingerprint density at radius 2 is 1.83 bits per heavy atom. The molecule has 3 aromatic rings. The molecule has 10 nitrogen and oxygen atoms in total. The van der Waals surface area contributed by atoms with Crippen LogP contribution >= 0.6 is 0 Å². The molecule has 1 unspecified atom stereocenters. The van der Waals surface area contributed by atoms with E-state index < -0.39 is 22.6 Å². The summed E-state index contributed by atoms with van der Waals surface area (Å²) in [5.41, 5.74) is 1.81. The van der Waals surface area contributed by atoms with Crippen molar-refractivity contribution in [3.8, 4) is 0 Å². The van der Waals surface area contributed by atoms with Gasteiger partial charge in [0.2, 0.25) is 5.78 Å². The molecule has 1 aliphatic rings. The zero-order chi connectivity index (χ0) is 25.3. The molecular weight excluding hydrogens is 452 g/mol. The molecule has 35 heavy (non-hydrogen) atoms. The summed E-state index contributed by atoms with van der Waals surface area (Å²) in [4.78, 5) is 51.0. The lowest BCUT2D eigenvalue weighted by molar-refractivity contribution is -0.385. The van der Waals surface area contributed by atoms with Crippen molar-refractivity contribution in [2.75, 3.05) is 5.01 Å². The monoisotopic (exact) mass is 474 g/mol. The molecule has 2 N–H and O–H groups in total. The van der Waals surface area contributed by atoms with E-state index in [0.717, 1.165) is 0 Å². The lowest BCUT2D eigenvalue weighted by atomic mass is 9.90. The average molecular weight is 474 g/mol. The first-order valence-electron chi connectivity index (χ1n) is 10.9. The molecule has 1 aliphatic heterocycles. The van der Waals surface area contributed by atoms with Crippen LogP contribution in [0, 0.1) is 22.0 Å². The first kappa shape index (κ1) is 23.6. The van der Waals surface area contributed by atoms with Crippen LogP contribution in [0.15, 0.2) is 65.9 Å². The summed E-state index contributed by atoms with van der Waals surface area (Å²) >= 11 is 0. The number of nitrogens with zero attached hydrogens (tertiary/aromatic N) is 3. The number of hydrogen-bond acceptors (Lipinski definition) is 6. The molecular formula is C25H22N4O6. The van der Waals surface area contributed by atoms with Crippen LogP contribution in [-0.4, -0.2) is 38.4 Å². The molecule has 1 amide bonds. The predicted molar refractivity (Wildman–Crippen MR) is 128 cm³/mol. The molecule has 4 rings (SSSR count). The number of H-pyrrole nitrogens is 1. The van der Waals surface area contributed by atoms with Gasteiger partial charge in [-0.2, -0.15) is 5.10 Å². The number of carboxylic acid groups (broad SMARTS) is 1. The minimum atomic E-state index is -1.06. The van der Waals surface area contributed by atoms with E-state index >= 15 is 0 Å². The number of benzene rings is 2. The maximum absolute atomic E-state index is 13.3. The van der Waals surface area contributed by atoms with Crippen LogP contribution in [0.1, 0.15) is 45.8 Å². The normalized spacial score (nSPS) is 15.4.